The minimum Gasteiger partial charge on any atom is -0.453 e. The van der Waals surface area contributed by atoms with Crippen LogP contribution in [0.5, 0.6) is 0 Å². The van der Waals surface area contributed by atoms with Gasteiger partial charge in [0.15, 0.2) is 11.0 Å². The number of cyclic esters (lactones) is 1. The number of Topliss-reactive ketones (excluding diaryl/α,β-unsaturated/α-hetero) is 1. The number of benzene rings is 3. The average molecular weight is 431 g/mol. The van der Waals surface area contributed by atoms with Gasteiger partial charge in [-0.3, -0.25) is 9.59 Å². The highest BCUT2D eigenvalue weighted by Gasteiger charge is 2.47. The molecule has 0 amide bonds. The van der Waals surface area contributed by atoms with Crippen molar-refractivity contribution in [3.8, 4) is 0 Å². The largest absolute Gasteiger partial charge is 0.453 e. The molecule has 1 heterocycles. The molecule has 3 aromatic rings. The third-order valence-electron chi connectivity index (χ3n) is 5.74. The summed E-state index contributed by atoms with van der Waals surface area (Å²) >= 11 is 1.39. The molecular weight excluding hydrogens is 404 g/mol. The Kier molecular flexibility index (Phi) is 6.88. The fourth-order valence-electron chi connectivity index (χ4n) is 4.07. The van der Waals surface area contributed by atoms with Crippen LogP contribution in [0.15, 0.2) is 91.0 Å². The topological polar surface area (TPSA) is 43.4 Å². The molecule has 1 saturated heterocycles. The number of thioether (sulfide) groups is 1. The van der Waals surface area contributed by atoms with Crippen LogP contribution in [0.2, 0.25) is 0 Å². The Hall–Kier alpha value is -2.85. The molecule has 3 nitrogen and oxygen atoms in total. The number of rotatable bonds is 8. The van der Waals surface area contributed by atoms with E-state index in [-0.39, 0.29) is 12.2 Å². The molecular formula is C27H26O3S. The van der Waals surface area contributed by atoms with Crippen LogP contribution in [0.3, 0.4) is 0 Å². The lowest BCUT2D eigenvalue weighted by atomic mass is 9.81. The zero-order valence-electron chi connectivity index (χ0n) is 17.4. The monoisotopic (exact) mass is 430 g/mol. The quantitative estimate of drug-likeness (QED) is 0.356. The second-order valence-corrected chi connectivity index (χ2v) is 9.11. The van der Waals surface area contributed by atoms with Gasteiger partial charge in [-0.1, -0.05) is 91.0 Å². The summed E-state index contributed by atoms with van der Waals surface area (Å²) in [6.07, 6.45) is 2.36. The summed E-state index contributed by atoms with van der Waals surface area (Å²) in [6.45, 7) is 0. The molecule has 4 heteroatoms. The summed E-state index contributed by atoms with van der Waals surface area (Å²) in [5.74, 6) is 0.259. The zero-order chi connectivity index (χ0) is 21.5. The second-order valence-electron chi connectivity index (χ2n) is 7.90. The number of hydrogen-bond donors (Lipinski definition) is 0. The van der Waals surface area contributed by atoms with Crippen LogP contribution in [-0.4, -0.2) is 22.8 Å². The van der Waals surface area contributed by atoms with Gasteiger partial charge in [-0.25, -0.2) is 0 Å². The van der Waals surface area contributed by atoms with Crippen molar-refractivity contribution in [2.24, 2.45) is 0 Å². The number of carbonyl (C=O) groups excluding carboxylic acids is 2. The van der Waals surface area contributed by atoms with E-state index >= 15 is 0 Å². The molecule has 0 spiro atoms. The number of ketones is 1. The van der Waals surface area contributed by atoms with Gasteiger partial charge in [-0.2, -0.15) is 0 Å². The van der Waals surface area contributed by atoms with Crippen LogP contribution < -0.4 is 0 Å². The van der Waals surface area contributed by atoms with Crippen LogP contribution in [0.4, 0.5) is 0 Å². The van der Waals surface area contributed by atoms with Gasteiger partial charge in [0.2, 0.25) is 0 Å². The average Bonchev–Trinajstić information content (AvgIpc) is 2.81. The predicted molar refractivity (Wildman–Crippen MR) is 125 cm³/mol. The van der Waals surface area contributed by atoms with E-state index in [2.05, 4.69) is 24.3 Å². The summed E-state index contributed by atoms with van der Waals surface area (Å²) in [6, 6.07) is 29.9. The van der Waals surface area contributed by atoms with E-state index in [0.717, 1.165) is 18.4 Å². The van der Waals surface area contributed by atoms with Crippen LogP contribution in [0, 0.1) is 0 Å². The molecule has 158 valence electrons. The lowest BCUT2D eigenvalue weighted by molar-refractivity contribution is -0.171. The second kappa shape index (κ2) is 9.97. The van der Waals surface area contributed by atoms with Crippen molar-refractivity contribution in [3.05, 3.63) is 108 Å². The first kappa shape index (κ1) is 21.4. The van der Waals surface area contributed by atoms with Crippen molar-refractivity contribution in [3.63, 3.8) is 0 Å². The Morgan fingerprint density at radius 1 is 0.774 bits per heavy atom. The van der Waals surface area contributed by atoms with Crippen molar-refractivity contribution in [2.45, 2.75) is 36.5 Å². The van der Waals surface area contributed by atoms with E-state index in [4.69, 9.17) is 4.74 Å². The van der Waals surface area contributed by atoms with Crippen molar-refractivity contribution in [2.75, 3.05) is 5.75 Å². The van der Waals surface area contributed by atoms with Crippen LogP contribution in [0.25, 0.3) is 0 Å². The summed E-state index contributed by atoms with van der Waals surface area (Å²) in [7, 11) is 0. The minimum atomic E-state index is -0.901. The summed E-state index contributed by atoms with van der Waals surface area (Å²) < 4.78 is 6.09. The molecule has 1 fully saturated rings. The van der Waals surface area contributed by atoms with Crippen LogP contribution >= 0.6 is 11.8 Å². The summed E-state index contributed by atoms with van der Waals surface area (Å²) in [5.41, 5.74) is 2.36. The van der Waals surface area contributed by atoms with Crippen molar-refractivity contribution >= 4 is 23.5 Å². The highest BCUT2D eigenvalue weighted by molar-refractivity contribution is 8.01. The lowest BCUT2D eigenvalue weighted by Crippen LogP contribution is -2.47. The highest BCUT2D eigenvalue weighted by atomic mass is 32.2. The van der Waals surface area contributed by atoms with Crippen molar-refractivity contribution in [1.82, 2.24) is 0 Å². The lowest BCUT2D eigenvalue weighted by Gasteiger charge is -2.39. The normalized spacial score (nSPS) is 21.0. The minimum absolute atomic E-state index is 0.0359. The Balaban J connectivity index is 1.47. The van der Waals surface area contributed by atoms with Gasteiger partial charge in [0.1, 0.15) is 5.60 Å². The van der Waals surface area contributed by atoms with E-state index in [9.17, 15) is 9.59 Å². The fraction of sp³-hybridized carbons (Fsp3) is 0.259. The maximum atomic E-state index is 13.1. The van der Waals surface area contributed by atoms with Crippen LogP contribution in [0.1, 0.15) is 29.5 Å². The van der Waals surface area contributed by atoms with Gasteiger partial charge in [-0.05, 0) is 41.7 Å². The molecule has 3 aromatic carbocycles. The van der Waals surface area contributed by atoms with E-state index in [0.29, 0.717) is 12.2 Å². The van der Waals surface area contributed by atoms with Crippen molar-refractivity contribution in [1.29, 1.82) is 0 Å². The molecule has 0 N–H and O–H groups in total. The molecule has 0 radical (unpaired) electrons. The van der Waals surface area contributed by atoms with E-state index in [1.807, 2.05) is 66.7 Å². The van der Waals surface area contributed by atoms with Gasteiger partial charge in [0.25, 0.3) is 0 Å². The summed E-state index contributed by atoms with van der Waals surface area (Å²) in [4.78, 5) is 26.1. The number of aryl methyl sites for hydroxylation is 2. The maximum Gasteiger partial charge on any atom is 0.327 e. The van der Waals surface area contributed by atoms with Gasteiger partial charge < -0.3 is 4.74 Å². The zero-order valence-corrected chi connectivity index (χ0v) is 18.2. The molecule has 0 bridgehead atoms. The van der Waals surface area contributed by atoms with Crippen LogP contribution in [-0.2, 0) is 32.8 Å². The third kappa shape index (κ3) is 5.26. The molecule has 4 rings (SSSR count). The summed E-state index contributed by atoms with van der Waals surface area (Å²) in [5, 5.41) is -0.739. The Morgan fingerprint density at radius 2 is 1.32 bits per heavy atom. The first-order valence-electron chi connectivity index (χ1n) is 10.7. The molecule has 2 atom stereocenters. The third-order valence-corrected chi connectivity index (χ3v) is 6.97. The van der Waals surface area contributed by atoms with Gasteiger partial charge in [0, 0.05) is 0 Å². The number of hydrogen-bond acceptors (Lipinski definition) is 4. The Labute approximate surface area is 187 Å². The van der Waals surface area contributed by atoms with Gasteiger partial charge in [-0.15, -0.1) is 11.8 Å². The molecule has 0 aliphatic carbocycles. The van der Waals surface area contributed by atoms with Gasteiger partial charge in [0.05, 0.1) is 6.42 Å². The SMILES string of the molecule is O=C1CC(CCc2ccccc2)(c2ccccc2)OC(=O)C1SCCc1ccccc1. The Morgan fingerprint density at radius 3 is 1.90 bits per heavy atom. The fourth-order valence-corrected chi connectivity index (χ4v) is 5.11. The molecule has 1 aliphatic heterocycles. The molecule has 31 heavy (non-hydrogen) atoms. The molecule has 0 aromatic heterocycles. The first-order valence-corrected chi connectivity index (χ1v) is 11.7. The van der Waals surface area contributed by atoms with E-state index < -0.39 is 16.8 Å². The highest BCUT2D eigenvalue weighted by Crippen LogP contribution is 2.40. The van der Waals surface area contributed by atoms with E-state index in [1.165, 1.54) is 22.9 Å². The number of carbonyl (C=O) groups is 2. The van der Waals surface area contributed by atoms with Gasteiger partial charge >= 0.3 is 5.97 Å². The molecule has 2 unspecified atom stereocenters. The standard InChI is InChI=1S/C27H26O3S/c28-24-20-27(23-14-8-3-9-15-23,18-16-21-10-4-1-5-11-21)30-26(29)25(24)31-19-17-22-12-6-2-7-13-22/h1-15,25H,16-20H2. The molecule has 0 saturated carbocycles. The predicted octanol–water partition coefficient (Wildman–Crippen LogP) is 5.38. The Bertz CT molecular complexity index is 984. The number of ether oxygens (including phenoxy) is 1. The number of esters is 1. The molecule has 1 aliphatic rings. The van der Waals surface area contributed by atoms with Crippen molar-refractivity contribution < 1.29 is 14.3 Å². The maximum absolute atomic E-state index is 13.1. The van der Waals surface area contributed by atoms with E-state index in [1.54, 1.807) is 0 Å². The first-order chi connectivity index (χ1) is 15.2. The smallest absolute Gasteiger partial charge is 0.327 e.